The molecular weight excluding hydrogens is 378 g/mol. The average molecular weight is 393 g/mol. The summed E-state index contributed by atoms with van der Waals surface area (Å²) in [6.07, 6.45) is 4.60. The Hall–Kier alpha value is -1.59. The number of halogens is 2. The second kappa shape index (κ2) is 5.80. The third-order valence-electron chi connectivity index (χ3n) is 4.16. The molecule has 0 saturated heterocycles. The zero-order valence-corrected chi connectivity index (χ0v) is 14.9. The summed E-state index contributed by atoms with van der Waals surface area (Å²) in [4.78, 5) is 0. The van der Waals surface area contributed by atoms with Crippen LogP contribution in [0.2, 0.25) is 5.02 Å². The number of fused-ring (bicyclic) bond motifs is 1. The number of aromatic nitrogens is 3. The summed E-state index contributed by atoms with van der Waals surface area (Å²) in [5.41, 5.74) is 4.34. The van der Waals surface area contributed by atoms with Crippen LogP contribution in [0.4, 0.5) is 0 Å². The van der Waals surface area contributed by atoms with Crippen molar-refractivity contribution in [3.05, 3.63) is 56.9 Å². The van der Waals surface area contributed by atoms with Crippen LogP contribution in [-0.2, 0) is 6.61 Å². The smallest absolute Gasteiger partial charge is 0.204 e. The maximum Gasteiger partial charge on any atom is 0.204 e. The Kier molecular flexibility index (Phi) is 3.77. The second-order valence-corrected chi connectivity index (χ2v) is 7.04. The van der Waals surface area contributed by atoms with Crippen molar-refractivity contribution in [2.75, 3.05) is 0 Å². The topological polar surface area (TPSA) is 39.4 Å². The highest BCUT2D eigenvalue weighted by atomic mass is 79.9. The van der Waals surface area contributed by atoms with E-state index in [-0.39, 0.29) is 0 Å². The van der Waals surface area contributed by atoms with Crippen molar-refractivity contribution in [1.29, 1.82) is 0 Å². The van der Waals surface area contributed by atoms with Crippen molar-refractivity contribution in [2.45, 2.75) is 32.3 Å². The van der Waals surface area contributed by atoms with Gasteiger partial charge in [-0.05, 0) is 82.6 Å². The molecular formula is C17H15BrClN3O. The zero-order valence-electron chi connectivity index (χ0n) is 12.6. The van der Waals surface area contributed by atoms with Crippen LogP contribution in [-0.4, -0.2) is 14.6 Å². The van der Waals surface area contributed by atoms with E-state index in [1.165, 1.54) is 24.0 Å². The van der Waals surface area contributed by atoms with Gasteiger partial charge < -0.3 is 4.74 Å². The predicted octanol–water partition coefficient (Wildman–Crippen LogP) is 4.91. The monoisotopic (exact) mass is 391 g/mol. The maximum absolute atomic E-state index is 6.06. The summed E-state index contributed by atoms with van der Waals surface area (Å²) >= 11 is 9.49. The summed E-state index contributed by atoms with van der Waals surface area (Å²) in [7, 11) is 0. The molecule has 2 heterocycles. The Morgan fingerprint density at radius 2 is 2.13 bits per heavy atom. The van der Waals surface area contributed by atoms with Crippen molar-refractivity contribution in [2.24, 2.45) is 0 Å². The van der Waals surface area contributed by atoms with Crippen LogP contribution in [0, 0.1) is 6.92 Å². The first kappa shape index (κ1) is 15.0. The van der Waals surface area contributed by atoms with Gasteiger partial charge in [-0.15, -0.1) is 10.2 Å². The maximum atomic E-state index is 6.06. The van der Waals surface area contributed by atoms with Gasteiger partial charge in [0.05, 0.1) is 0 Å². The number of nitrogens with zero attached hydrogens (tertiary/aromatic N) is 3. The molecule has 0 spiro atoms. The molecule has 6 heteroatoms. The number of pyridine rings is 1. The first-order valence-electron chi connectivity index (χ1n) is 7.54. The molecule has 3 aromatic rings. The lowest BCUT2D eigenvalue weighted by atomic mass is 10.1. The summed E-state index contributed by atoms with van der Waals surface area (Å²) in [5.74, 6) is 1.45. The van der Waals surface area contributed by atoms with Crippen LogP contribution in [0.1, 0.15) is 35.4 Å². The van der Waals surface area contributed by atoms with Crippen LogP contribution < -0.4 is 4.74 Å². The lowest BCUT2D eigenvalue weighted by molar-refractivity contribution is 0.304. The van der Waals surface area contributed by atoms with E-state index in [9.17, 15) is 0 Å². The summed E-state index contributed by atoms with van der Waals surface area (Å²) in [6.45, 7) is 2.50. The number of benzene rings is 1. The number of rotatable bonds is 4. The highest BCUT2D eigenvalue weighted by molar-refractivity contribution is 9.10. The van der Waals surface area contributed by atoms with Gasteiger partial charge in [0.15, 0.2) is 5.65 Å². The van der Waals surface area contributed by atoms with Crippen molar-refractivity contribution in [3.8, 4) is 5.75 Å². The molecule has 0 atom stereocenters. The minimum Gasteiger partial charge on any atom is -0.489 e. The molecule has 4 rings (SSSR count). The van der Waals surface area contributed by atoms with Gasteiger partial charge in [0.2, 0.25) is 4.73 Å². The van der Waals surface area contributed by atoms with Gasteiger partial charge in [0.1, 0.15) is 12.4 Å². The fraction of sp³-hybridized carbons (Fsp3) is 0.294. The summed E-state index contributed by atoms with van der Waals surface area (Å²) in [6, 6.07) is 7.80. The molecule has 1 aliphatic carbocycles. The van der Waals surface area contributed by atoms with E-state index in [0.717, 1.165) is 26.7 Å². The van der Waals surface area contributed by atoms with Gasteiger partial charge in [0, 0.05) is 11.2 Å². The Morgan fingerprint density at radius 1 is 1.30 bits per heavy atom. The largest absolute Gasteiger partial charge is 0.489 e. The normalized spacial score (nSPS) is 14.4. The first-order valence-corrected chi connectivity index (χ1v) is 8.71. The fourth-order valence-corrected chi connectivity index (χ4v) is 3.20. The number of hydrogen-bond donors (Lipinski definition) is 0. The minimum atomic E-state index is 0.522. The lowest BCUT2D eigenvalue weighted by Crippen LogP contribution is -2.02. The highest BCUT2D eigenvalue weighted by Gasteiger charge is 2.27. The van der Waals surface area contributed by atoms with E-state index in [0.29, 0.717) is 12.5 Å². The molecule has 0 N–H and O–H groups in total. The standard InChI is InChI=1S/C17H15BrClN3O/c1-10-6-13(4-5-15(10)19)23-9-12-7-16-20-21-17(18)22(16)8-14(12)11-2-3-11/h4-8,11H,2-3,9H2,1H3. The van der Waals surface area contributed by atoms with Crippen LogP contribution in [0.5, 0.6) is 5.75 Å². The van der Waals surface area contributed by atoms with Gasteiger partial charge in [-0.2, -0.15) is 0 Å². The Balaban J connectivity index is 1.64. The number of aryl methyl sites for hydroxylation is 1. The highest BCUT2D eigenvalue weighted by Crippen LogP contribution is 2.42. The van der Waals surface area contributed by atoms with Gasteiger partial charge >= 0.3 is 0 Å². The molecule has 0 bridgehead atoms. The van der Waals surface area contributed by atoms with Crippen LogP contribution >= 0.6 is 27.5 Å². The van der Waals surface area contributed by atoms with E-state index >= 15 is 0 Å². The van der Waals surface area contributed by atoms with Crippen LogP contribution in [0.25, 0.3) is 5.65 Å². The van der Waals surface area contributed by atoms with Crippen LogP contribution in [0.3, 0.4) is 0 Å². The van der Waals surface area contributed by atoms with Crippen LogP contribution in [0.15, 0.2) is 35.2 Å². The molecule has 0 radical (unpaired) electrons. The quantitative estimate of drug-likeness (QED) is 0.633. The SMILES string of the molecule is Cc1cc(OCc2cc3nnc(Br)n3cc2C2CC2)ccc1Cl. The van der Waals surface area contributed by atoms with Gasteiger partial charge in [-0.3, -0.25) is 4.40 Å². The molecule has 1 aliphatic rings. The average Bonchev–Trinajstić information content (AvgIpc) is 3.33. The molecule has 0 amide bonds. The summed E-state index contributed by atoms with van der Waals surface area (Å²) in [5, 5.41) is 9.00. The third-order valence-corrected chi connectivity index (χ3v) is 5.13. The first-order chi connectivity index (χ1) is 11.1. The molecule has 2 aromatic heterocycles. The fourth-order valence-electron chi connectivity index (χ4n) is 2.72. The summed E-state index contributed by atoms with van der Waals surface area (Å²) < 4.78 is 8.68. The number of ether oxygens (including phenoxy) is 1. The van der Waals surface area contributed by atoms with E-state index in [4.69, 9.17) is 16.3 Å². The van der Waals surface area contributed by atoms with Gasteiger partial charge in [-0.1, -0.05) is 11.6 Å². The van der Waals surface area contributed by atoms with Crippen molar-refractivity contribution in [3.63, 3.8) is 0 Å². The zero-order chi connectivity index (χ0) is 16.0. The minimum absolute atomic E-state index is 0.522. The van der Waals surface area contributed by atoms with Crippen molar-refractivity contribution in [1.82, 2.24) is 14.6 Å². The molecule has 1 fully saturated rings. The van der Waals surface area contributed by atoms with E-state index < -0.39 is 0 Å². The molecule has 1 saturated carbocycles. The number of hydrogen-bond acceptors (Lipinski definition) is 3. The Morgan fingerprint density at radius 3 is 2.87 bits per heavy atom. The molecule has 4 nitrogen and oxygen atoms in total. The van der Waals surface area contributed by atoms with Gasteiger partial charge in [-0.25, -0.2) is 0 Å². The Labute approximate surface area is 147 Å². The predicted molar refractivity (Wildman–Crippen MR) is 93.2 cm³/mol. The molecule has 0 unspecified atom stereocenters. The lowest BCUT2D eigenvalue weighted by Gasteiger charge is -2.12. The second-order valence-electron chi connectivity index (χ2n) is 5.93. The molecule has 23 heavy (non-hydrogen) atoms. The van der Waals surface area contributed by atoms with Crippen molar-refractivity contribution >= 4 is 33.2 Å². The van der Waals surface area contributed by atoms with E-state index in [2.05, 4.69) is 38.4 Å². The van der Waals surface area contributed by atoms with Gasteiger partial charge in [0.25, 0.3) is 0 Å². The third kappa shape index (κ3) is 2.95. The molecule has 0 aliphatic heterocycles. The Bertz CT molecular complexity index is 889. The molecule has 118 valence electrons. The van der Waals surface area contributed by atoms with Crippen molar-refractivity contribution < 1.29 is 4.74 Å². The van der Waals surface area contributed by atoms with E-state index in [1.54, 1.807) is 0 Å². The van der Waals surface area contributed by atoms with E-state index in [1.807, 2.05) is 29.5 Å². The molecule has 1 aromatic carbocycles.